The Labute approximate surface area is 119 Å². The molecule has 0 amide bonds. The number of hydrogen-bond acceptors (Lipinski definition) is 3. The molecule has 0 spiro atoms. The normalized spacial score (nSPS) is 16.2. The minimum Gasteiger partial charge on any atom is -0.298 e. The van der Waals surface area contributed by atoms with Crippen LogP contribution in [0.15, 0.2) is 30.2 Å². The van der Waals surface area contributed by atoms with E-state index in [4.69, 9.17) is 0 Å². The summed E-state index contributed by atoms with van der Waals surface area (Å²) in [5, 5.41) is 11.5. The SMILES string of the molecule is C=C[C@@H](c1cccs1)[C@@](C)(C#N)C(=O)CC(C)(C)C. The molecular weight excluding hydrogens is 254 g/mol. The van der Waals surface area contributed by atoms with Gasteiger partial charge in [0.05, 0.1) is 6.07 Å². The maximum atomic E-state index is 12.5. The largest absolute Gasteiger partial charge is 0.298 e. The predicted molar refractivity (Wildman–Crippen MR) is 80.1 cm³/mol. The molecular formula is C16H21NOS. The van der Waals surface area contributed by atoms with Gasteiger partial charge in [-0.1, -0.05) is 32.9 Å². The van der Waals surface area contributed by atoms with E-state index in [0.29, 0.717) is 6.42 Å². The topological polar surface area (TPSA) is 40.9 Å². The number of ketones is 1. The van der Waals surface area contributed by atoms with Crippen molar-refractivity contribution in [3.63, 3.8) is 0 Å². The van der Waals surface area contributed by atoms with Crippen molar-refractivity contribution < 1.29 is 4.79 Å². The number of carbonyl (C=O) groups excluding carboxylic acids is 1. The van der Waals surface area contributed by atoms with E-state index in [9.17, 15) is 10.1 Å². The summed E-state index contributed by atoms with van der Waals surface area (Å²) in [6, 6.07) is 6.11. The number of Topliss-reactive ketones (excluding diaryl/α,β-unsaturated/α-hetero) is 1. The fourth-order valence-electron chi connectivity index (χ4n) is 2.08. The summed E-state index contributed by atoms with van der Waals surface area (Å²) in [4.78, 5) is 13.6. The summed E-state index contributed by atoms with van der Waals surface area (Å²) >= 11 is 1.56. The molecule has 19 heavy (non-hydrogen) atoms. The molecule has 0 radical (unpaired) electrons. The summed E-state index contributed by atoms with van der Waals surface area (Å²) in [5.74, 6) is -0.256. The summed E-state index contributed by atoms with van der Waals surface area (Å²) in [7, 11) is 0. The maximum absolute atomic E-state index is 12.5. The van der Waals surface area contributed by atoms with Crippen molar-refractivity contribution in [1.82, 2.24) is 0 Å². The van der Waals surface area contributed by atoms with E-state index in [1.165, 1.54) is 0 Å². The van der Waals surface area contributed by atoms with Crippen LogP contribution in [0.5, 0.6) is 0 Å². The first kappa shape index (κ1) is 15.7. The molecule has 0 aliphatic carbocycles. The van der Waals surface area contributed by atoms with Crippen LogP contribution >= 0.6 is 11.3 Å². The van der Waals surface area contributed by atoms with Crippen molar-refractivity contribution in [1.29, 1.82) is 5.26 Å². The molecule has 0 aliphatic rings. The zero-order chi connectivity index (χ0) is 14.7. The number of carbonyl (C=O) groups is 1. The maximum Gasteiger partial charge on any atom is 0.154 e. The Morgan fingerprint density at radius 3 is 2.53 bits per heavy atom. The minimum atomic E-state index is -1.04. The van der Waals surface area contributed by atoms with Gasteiger partial charge in [0.25, 0.3) is 0 Å². The van der Waals surface area contributed by atoms with Crippen molar-refractivity contribution in [3.8, 4) is 6.07 Å². The van der Waals surface area contributed by atoms with Gasteiger partial charge >= 0.3 is 0 Å². The average molecular weight is 275 g/mol. The lowest BCUT2D eigenvalue weighted by molar-refractivity contribution is -0.127. The van der Waals surface area contributed by atoms with Crippen LogP contribution < -0.4 is 0 Å². The first-order valence-corrected chi connectivity index (χ1v) is 7.23. The number of nitriles is 1. The van der Waals surface area contributed by atoms with E-state index in [1.54, 1.807) is 24.3 Å². The lowest BCUT2D eigenvalue weighted by Gasteiger charge is -2.30. The molecule has 1 rings (SSSR count). The minimum absolute atomic E-state index is 0.0131. The molecule has 1 heterocycles. The molecule has 0 bridgehead atoms. The van der Waals surface area contributed by atoms with Gasteiger partial charge in [-0.05, 0) is 23.8 Å². The molecule has 2 nitrogen and oxygen atoms in total. The second-order valence-electron chi connectivity index (χ2n) is 6.20. The van der Waals surface area contributed by atoms with Crippen LogP contribution in [0.1, 0.15) is 44.9 Å². The highest BCUT2D eigenvalue weighted by atomic mass is 32.1. The number of rotatable bonds is 5. The zero-order valence-corrected chi connectivity index (χ0v) is 12.9. The van der Waals surface area contributed by atoms with Crippen LogP contribution in [0.3, 0.4) is 0 Å². The molecule has 0 fully saturated rings. The van der Waals surface area contributed by atoms with Crippen LogP contribution in [0.2, 0.25) is 0 Å². The Morgan fingerprint density at radius 2 is 2.16 bits per heavy atom. The highest BCUT2D eigenvalue weighted by Crippen LogP contribution is 2.41. The molecule has 3 heteroatoms. The van der Waals surface area contributed by atoms with Gasteiger partial charge in [-0.25, -0.2) is 0 Å². The smallest absolute Gasteiger partial charge is 0.154 e. The summed E-state index contributed by atoms with van der Waals surface area (Å²) < 4.78 is 0. The van der Waals surface area contributed by atoms with E-state index in [1.807, 2.05) is 38.3 Å². The van der Waals surface area contributed by atoms with Gasteiger partial charge in [0, 0.05) is 17.2 Å². The summed E-state index contributed by atoms with van der Waals surface area (Å²) in [5.41, 5.74) is -1.16. The molecule has 1 aromatic rings. The molecule has 2 atom stereocenters. The number of nitrogens with zero attached hydrogens (tertiary/aromatic N) is 1. The molecule has 0 saturated heterocycles. The lowest BCUT2D eigenvalue weighted by Crippen LogP contribution is -2.34. The summed E-state index contributed by atoms with van der Waals surface area (Å²) in [6.45, 7) is 11.6. The molecule has 0 aromatic carbocycles. The van der Waals surface area contributed by atoms with Gasteiger partial charge < -0.3 is 0 Å². The second kappa shape index (κ2) is 5.71. The number of allylic oxidation sites excluding steroid dienone is 1. The molecule has 0 aliphatic heterocycles. The van der Waals surface area contributed by atoms with Gasteiger partial charge in [0.1, 0.15) is 5.41 Å². The standard InChI is InChI=1S/C16H21NOS/c1-6-12(13-8-7-9-19-13)16(5,11-17)14(18)10-15(2,3)4/h6-9,12H,1,10H2,2-5H3/t12-,16+/m0/s1. The quantitative estimate of drug-likeness (QED) is 0.739. The number of hydrogen-bond donors (Lipinski definition) is 0. The van der Waals surface area contributed by atoms with Gasteiger partial charge in [0.15, 0.2) is 5.78 Å². The molecule has 102 valence electrons. The Hall–Kier alpha value is -1.40. The van der Waals surface area contributed by atoms with Crippen LogP contribution in [0, 0.1) is 22.2 Å². The van der Waals surface area contributed by atoms with Gasteiger partial charge in [-0.3, -0.25) is 4.79 Å². The van der Waals surface area contributed by atoms with Crippen LogP contribution in [0.4, 0.5) is 0 Å². The van der Waals surface area contributed by atoms with Crippen molar-refractivity contribution in [2.45, 2.75) is 40.0 Å². The molecule has 0 saturated carbocycles. The van der Waals surface area contributed by atoms with Gasteiger partial charge in [0.2, 0.25) is 0 Å². The second-order valence-corrected chi connectivity index (χ2v) is 7.18. The third kappa shape index (κ3) is 3.54. The Morgan fingerprint density at radius 1 is 1.53 bits per heavy atom. The van der Waals surface area contributed by atoms with Crippen molar-refractivity contribution in [2.24, 2.45) is 10.8 Å². The van der Waals surface area contributed by atoms with Crippen LogP contribution in [0.25, 0.3) is 0 Å². The average Bonchev–Trinajstić information content (AvgIpc) is 2.80. The molecule has 1 aromatic heterocycles. The van der Waals surface area contributed by atoms with Crippen LogP contribution in [-0.4, -0.2) is 5.78 Å². The highest BCUT2D eigenvalue weighted by molar-refractivity contribution is 7.10. The van der Waals surface area contributed by atoms with Crippen molar-refractivity contribution in [2.75, 3.05) is 0 Å². The van der Waals surface area contributed by atoms with Crippen LogP contribution in [-0.2, 0) is 4.79 Å². The molecule has 0 unspecified atom stereocenters. The Balaban J connectivity index is 3.12. The van der Waals surface area contributed by atoms with E-state index in [2.05, 4.69) is 12.6 Å². The third-order valence-corrected chi connectivity index (χ3v) is 4.17. The fraction of sp³-hybridized carbons (Fsp3) is 0.500. The monoisotopic (exact) mass is 275 g/mol. The molecule has 0 N–H and O–H groups in total. The van der Waals surface area contributed by atoms with E-state index in [-0.39, 0.29) is 17.1 Å². The van der Waals surface area contributed by atoms with E-state index >= 15 is 0 Å². The Kier molecular flexibility index (Phi) is 4.70. The number of thiophene rings is 1. The zero-order valence-electron chi connectivity index (χ0n) is 12.1. The van der Waals surface area contributed by atoms with Crippen molar-refractivity contribution >= 4 is 17.1 Å². The predicted octanol–water partition coefficient (Wildman–Crippen LogP) is 4.55. The summed E-state index contributed by atoms with van der Waals surface area (Å²) in [6.07, 6.45) is 2.11. The fourth-order valence-corrected chi connectivity index (χ4v) is 3.03. The Bertz CT molecular complexity index is 490. The van der Waals surface area contributed by atoms with Gasteiger partial charge in [-0.2, -0.15) is 5.26 Å². The van der Waals surface area contributed by atoms with E-state index in [0.717, 1.165) is 4.88 Å². The highest BCUT2D eigenvalue weighted by Gasteiger charge is 2.42. The third-order valence-electron chi connectivity index (χ3n) is 3.21. The van der Waals surface area contributed by atoms with Gasteiger partial charge in [-0.15, -0.1) is 17.9 Å². The first-order valence-electron chi connectivity index (χ1n) is 6.35. The lowest BCUT2D eigenvalue weighted by atomic mass is 9.70. The first-order chi connectivity index (χ1) is 8.74. The van der Waals surface area contributed by atoms with E-state index < -0.39 is 5.41 Å². The van der Waals surface area contributed by atoms with Crippen molar-refractivity contribution in [3.05, 3.63) is 35.0 Å².